The molecule has 2 unspecified atom stereocenters. The predicted molar refractivity (Wildman–Crippen MR) is 86.5 cm³/mol. The van der Waals surface area contributed by atoms with Gasteiger partial charge in [0.25, 0.3) is 0 Å². The summed E-state index contributed by atoms with van der Waals surface area (Å²) < 4.78 is 0. The van der Waals surface area contributed by atoms with Crippen molar-refractivity contribution in [2.75, 3.05) is 5.32 Å². The lowest BCUT2D eigenvalue weighted by Gasteiger charge is -2.08. The molecule has 0 aromatic heterocycles. The zero-order valence-corrected chi connectivity index (χ0v) is 12.5. The van der Waals surface area contributed by atoms with E-state index in [0.717, 1.165) is 12.1 Å². The fraction of sp³-hybridized carbons (Fsp3) is 0.316. The highest BCUT2D eigenvalue weighted by molar-refractivity contribution is 5.95. The lowest BCUT2D eigenvalue weighted by atomic mass is 10.0. The summed E-state index contributed by atoms with van der Waals surface area (Å²) in [5.74, 6) is 1.17. The first kappa shape index (κ1) is 13.9. The highest BCUT2D eigenvalue weighted by Gasteiger charge is 2.43. The van der Waals surface area contributed by atoms with Crippen molar-refractivity contribution in [3.8, 4) is 0 Å². The Morgan fingerprint density at radius 3 is 2.33 bits per heavy atom. The molecule has 1 amide bonds. The first-order valence-corrected chi connectivity index (χ1v) is 7.61. The minimum absolute atomic E-state index is 0.122. The van der Waals surface area contributed by atoms with E-state index in [0.29, 0.717) is 11.8 Å². The van der Waals surface area contributed by atoms with Gasteiger partial charge in [-0.2, -0.15) is 0 Å². The summed E-state index contributed by atoms with van der Waals surface area (Å²) in [4.78, 5) is 12.3. The molecule has 2 aromatic rings. The Morgan fingerprint density at radius 1 is 1.05 bits per heavy atom. The third-order valence-corrected chi connectivity index (χ3v) is 4.20. The van der Waals surface area contributed by atoms with Crippen molar-refractivity contribution in [1.29, 1.82) is 0 Å². The van der Waals surface area contributed by atoms with Crippen molar-refractivity contribution in [2.24, 2.45) is 5.92 Å². The summed E-state index contributed by atoms with van der Waals surface area (Å²) in [6, 6.07) is 18.5. The standard InChI is InChI=1S/C19H21NO/c1-13(2)14-8-10-16(11-9-14)20-19(21)18-12-17(18)15-6-4-3-5-7-15/h3-11,13,17-18H,12H2,1-2H3,(H,20,21). The quantitative estimate of drug-likeness (QED) is 0.874. The molecule has 0 bridgehead atoms. The topological polar surface area (TPSA) is 29.1 Å². The van der Waals surface area contributed by atoms with E-state index < -0.39 is 0 Å². The van der Waals surface area contributed by atoms with Gasteiger partial charge in [-0.1, -0.05) is 56.3 Å². The molecule has 0 radical (unpaired) electrons. The summed E-state index contributed by atoms with van der Waals surface area (Å²) in [6.07, 6.45) is 0.958. The second-order valence-corrected chi connectivity index (χ2v) is 6.13. The number of anilines is 1. The van der Waals surface area contributed by atoms with Gasteiger partial charge < -0.3 is 5.32 Å². The highest BCUT2D eigenvalue weighted by atomic mass is 16.2. The molecule has 0 saturated heterocycles. The first-order chi connectivity index (χ1) is 10.1. The molecule has 1 fully saturated rings. The number of hydrogen-bond donors (Lipinski definition) is 1. The van der Waals surface area contributed by atoms with Gasteiger partial charge in [0, 0.05) is 11.6 Å². The zero-order valence-electron chi connectivity index (χ0n) is 12.5. The lowest BCUT2D eigenvalue weighted by Crippen LogP contribution is -2.14. The summed E-state index contributed by atoms with van der Waals surface area (Å²) in [5.41, 5.74) is 3.46. The van der Waals surface area contributed by atoms with E-state index in [2.05, 4.69) is 43.4 Å². The van der Waals surface area contributed by atoms with Crippen LogP contribution in [0.5, 0.6) is 0 Å². The van der Waals surface area contributed by atoms with Crippen molar-refractivity contribution in [3.63, 3.8) is 0 Å². The van der Waals surface area contributed by atoms with Crippen molar-refractivity contribution in [2.45, 2.75) is 32.1 Å². The average molecular weight is 279 g/mol. The molecule has 2 heteroatoms. The molecular formula is C19H21NO. The lowest BCUT2D eigenvalue weighted by molar-refractivity contribution is -0.117. The van der Waals surface area contributed by atoms with Crippen LogP contribution in [-0.2, 0) is 4.79 Å². The van der Waals surface area contributed by atoms with Gasteiger partial charge in [0.1, 0.15) is 0 Å². The fourth-order valence-corrected chi connectivity index (χ4v) is 2.74. The number of hydrogen-bond acceptors (Lipinski definition) is 1. The molecule has 0 heterocycles. The van der Waals surface area contributed by atoms with Crippen molar-refractivity contribution < 1.29 is 4.79 Å². The summed E-state index contributed by atoms with van der Waals surface area (Å²) in [5, 5.41) is 3.03. The van der Waals surface area contributed by atoms with E-state index in [1.54, 1.807) is 0 Å². The molecule has 1 aliphatic carbocycles. The maximum atomic E-state index is 12.3. The second kappa shape index (κ2) is 5.72. The molecule has 1 saturated carbocycles. The van der Waals surface area contributed by atoms with Crippen LogP contribution in [0.15, 0.2) is 54.6 Å². The normalized spacial score (nSPS) is 20.3. The minimum Gasteiger partial charge on any atom is -0.326 e. The van der Waals surface area contributed by atoms with Crippen LogP contribution in [0.3, 0.4) is 0 Å². The van der Waals surface area contributed by atoms with Crippen LogP contribution in [-0.4, -0.2) is 5.91 Å². The van der Waals surface area contributed by atoms with Gasteiger partial charge in [-0.3, -0.25) is 4.79 Å². The Labute approximate surface area is 126 Å². The molecular weight excluding hydrogens is 258 g/mol. The van der Waals surface area contributed by atoms with Gasteiger partial charge in [0.05, 0.1) is 0 Å². The molecule has 1 N–H and O–H groups in total. The number of rotatable bonds is 4. The van der Waals surface area contributed by atoms with Gasteiger partial charge in [0.2, 0.25) is 5.91 Å². The molecule has 1 aliphatic rings. The van der Waals surface area contributed by atoms with Gasteiger partial charge in [-0.25, -0.2) is 0 Å². The SMILES string of the molecule is CC(C)c1ccc(NC(=O)C2CC2c2ccccc2)cc1. The summed E-state index contributed by atoms with van der Waals surface area (Å²) in [6.45, 7) is 4.34. The van der Waals surface area contributed by atoms with Gasteiger partial charge >= 0.3 is 0 Å². The Hall–Kier alpha value is -2.09. The molecule has 2 aromatic carbocycles. The Kier molecular flexibility index (Phi) is 3.78. The van der Waals surface area contributed by atoms with Crippen LogP contribution in [0.25, 0.3) is 0 Å². The number of carbonyl (C=O) groups is 1. The van der Waals surface area contributed by atoms with E-state index >= 15 is 0 Å². The van der Waals surface area contributed by atoms with E-state index in [1.807, 2.05) is 30.3 Å². The largest absolute Gasteiger partial charge is 0.326 e. The zero-order chi connectivity index (χ0) is 14.8. The van der Waals surface area contributed by atoms with Crippen LogP contribution in [0.2, 0.25) is 0 Å². The monoisotopic (exact) mass is 279 g/mol. The van der Waals surface area contributed by atoms with Crippen LogP contribution >= 0.6 is 0 Å². The first-order valence-electron chi connectivity index (χ1n) is 7.61. The summed E-state index contributed by atoms with van der Waals surface area (Å²) in [7, 11) is 0. The second-order valence-electron chi connectivity index (χ2n) is 6.13. The highest BCUT2D eigenvalue weighted by Crippen LogP contribution is 2.47. The van der Waals surface area contributed by atoms with Crippen LogP contribution in [0.4, 0.5) is 5.69 Å². The summed E-state index contributed by atoms with van der Waals surface area (Å²) >= 11 is 0. The average Bonchev–Trinajstić information content (AvgIpc) is 3.29. The Morgan fingerprint density at radius 2 is 1.71 bits per heavy atom. The molecule has 3 rings (SSSR count). The van der Waals surface area contributed by atoms with Crippen LogP contribution in [0, 0.1) is 5.92 Å². The van der Waals surface area contributed by atoms with Crippen LogP contribution < -0.4 is 5.32 Å². The van der Waals surface area contributed by atoms with Gasteiger partial charge in [0.15, 0.2) is 0 Å². The number of nitrogens with one attached hydrogen (secondary N) is 1. The smallest absolute Gasteiger partial charge is 0.228 e. The molecule has 0 spiro atoms. The number of benzene rings is 2. The van der Waals surface area contributed by atoms with Gasteiger partial charge in [-0.05, 0) is 41.5 Å². The van der Waals surface area contributed by atoms with E-state index in [-0.39, 0.29) is 11.8 Å². The maximum absolute atomic E-state index is 12.3. The third kappa shape index (κ3) is 3.15. The molecule has 2 nitrogen and oxygen atoms in total. The number of carbonyl (C=O) groups excluding carboxylic acids is 1. The van der Waals surface area contributed by atoms with E-state index in [9.17, 15) is 4.79 Å². The van der Waals surface area contributed by atoms with E-state index in [1.165, 1.54) is 11.1 Å². The predicted octanol–water partition coefficient (Wildman–Crippen LogP) is 4.55. The third-order valence-electron chi connectivity index (χ3n) is 4.20. The van der Waals surface area contributed by atoms with Crippen molar-refractivity contribution in [1.82, 2.24) is 0 Å². The minimum atomic E-state index is 0.122. The van der Waals surface area contributed by atoms with Crippen LogP contribution in [0.1, 0.15) is 43.2 Å². The molecule has 21 heavy (non-hydrogen) atoms. The molecule has 108 valence electrons. The molecule has 2 atom stereocenters. The molecule has 0 aliphatic heterocycles. The van der Waals surface area contributed by atoms with Gasteiger partial charge in [-0.15, -0.1) is 0 Å². The maximum Gasteiger partial charge on any atom is 0.228 e. The van der Waals surface area contributed by atoms with Crippen molar-refractivity contribution >= 4 is 11.6 Å². The van der Waals surface area contributed by atoms with E-state index in [4.69, 9.17) is 0 Å². The van der Waals surface area contributed by atoms with Crippen molar-refractivity contribution in [3.05, 3.63) is 65.7 Å². The Balaban J connectivity index is 1.60. The number of amides is 1. The fourth-order valence-electron chi connectivity index (χ4n) is 2.74. The Bertz CT molecular complexity index is 616.